The summed E-state index contributed by atoms with van der Waals surface area (Å²) in [6.45, 7) is 0. The van der Waals surface area contributed by atoms with Crippen LogP contribution in [0.3, 0.4) is 0 Å². The van der Waals surface area contributed by atoms with Crippen molar-refractivity contribution in [1.29, 1.82) is 0 Å². The van der Waals surface area contributed by atoms with Crippen molar-refractivity contribution in [3.63, 3.8) is 0 Å². The number of thiophene rings is 1. The van der Waals surface area contributed by atoms with E-state index >= 15 is 0 Å². The van der Waals surface area contributed by atoms with Crippen LogP contribution in [-0.4, -0.2) is 24.1 Å². The Balaban J connectivity index is 1.26. The van der Waals surface area contributed by atoms with E-state index in [9.17, 15) is 0 Å². The molecule has 6 aromatic carbocycles. The maximum absolute atomic E-state index is 5.04. The molecule has 0 saturated heterocycles. The summed E-state index contributed by atoms with van der Waals surface area (Å²) in [5, 5.41) is 9.47. The second kappa shape index (κ2) is 11.1. The molecule has 0 aliphatic carbocycles. The fraction of sp³-hybridized carbons (Fsp3) is 0. The van der Waals surface area contributed by atoms with Gasteiger partial charge >= 0.3 is 0 Å². The number of fused-ring (bicyclic) bond motifs is 7. The first-order chi connectivity index (χ1) is 24.3. The molecular weight excluding hydrogens is 619 g/mol. The van der Waals surface area contributed by atoms with Gasteiger partial charge in [-0.15, -0.1) is 11.3 Å². The third-order valence-electron chi connectivity index (χ3n) is 9.28. The van der Waals surface area contributed by atoms with Crippen molar-refractivity contribution in [3.05, 3.63) is 162 Å². The van der Waals surface area contributed by atoms with Gasteiger partial charge in [-0.05, 0) is 30.3 Å². The van der Waals surface area contributed by atoms with Crippen molar-refractivity contribution in [2.45, 2.75) is 0 Å². The van der Waals surface area contributed by atoms with Gasteiger partial charge in [0.05, 0.1) is 22.1 Å². The molecule has 4 heterocycles. The highest BCUT2D eigenvalue weighted by molar-refractivity contribution is 7.09. The monoisotopic (exact) mass is 645 g/mol. The fourth-order valence-corrected chi connectivity index (χ4v) is 7.92. The molecular formula is C43H27N5S. The Morgan fingerprint density at radius 2 is 0.878 bits per heavy atom. The van der Waals surface area contributed by atoms with Crippen LogP contribution in [0, 0.1) is 0 Å². The zero-order chi connectivity index (χ0) is 32.3. The maximum atomic E-state index is 5.04. The molecule has 4 aromatic heterocycles. The predicted molar refractivity (Wildman–Crippen MR) is 203 cm³/mol. The fourth-order valence-electron chi connectivity index (χ4n) is 7.10. The Kier molecular flexibility index (Phi) is 6.29. The number of aromatic nitrogens is 5. The van der Waals surface area contributed by atoms with Crippen LogP contribution in [-0.2, 0) is 0 Å². The highest BCUT2D eigenvalue weighted by Gasteiger charge is 2.22. The zero-order valence-electron chi connectivity index (χ0n) is 26.2. The lowest BCUT2D eigenvalue weighted by Crippen LogP contribution is -2.01. The quantitative estimate of drug-likeness (QED) is 0.187. The van der Waals surface area contributed by atoms with Crippen LogP contribution in [0.2, 0.25) is 0 Å². The van der Waals surface area contributed by atoms with E-state index < -0.39 is 0 Å². The van der Waals surface area contributed by atoms with Gasteiger partial charge in [0.2, 0.25) is 0 Å². The minimum Gasteiger partial charge on any atom is -0.307 e. The van der Waals surface area contributed by atoms with Gasteiger partial charge in [-0.1, -0.05) is 121 Å². The van der Waals surface area contributed by atoms with Gasteiger partial charge in [0.15, 0.2) is 17.5 Å². The second-order valence-electron chi connectivity index (χ2n) is 12.1. The highest BCUT2D eigenvalue weighted by atomic mass is 32.1. The van der Waals surface area contributed by atoms with Gasteiger partial charge < -0.3 is 9.13 Å². The van der Waals surface area contributed by atoms with Gasteiger partial charge in [0.25, 0.3) is 0 Å². The van der Waals surface area contributed by atoms with E-state index in [4.69, 9.17) is 15.0 Å². The molecule has 0 unspecified atom stereocenters. The van der Waals surface area contributed by atoms with Crippen LogP contribution >= 0.6 is 11.3 Å². The normalized spacial score (nSPS) is 11.7. The Morgan fingerprint density at radius 1 is 0.367 bits per heavy atom. The summed E-state index contributed by atoms with van der Waals surface area (Å²) in [4.78, 5) is 15.0. The lowest BCUT2D eigenvalue weighted by molar-refractivity contribution is 1.07. The lowest BCUT2D eigenvalue weighted by Gasteiger charge is -2.13. The molecule has 0 aliphatic rings. The Bertz CT molecular complexity index is 2760. The molecule has 0 radical (unpaired) electrons. The third-order valence-corrected chi connectivity index (χ3v) is 10.0. The summed E-state index contributed by atoms with van der Waals surface area (Å²) in [6.07, 6.45) is 0. The number of para-hydroxylation sites is 2. The Labute approximate surface area is 286 Å². The van der Waals surface area contributed by atoms with Crippen molar-refractivity contribution in [2.75, 3.05) is 0 Å². The van der Waals surface area contributed by atoms with E-state index in [0.717, 1.165) is 33.6 Å². The number of nitrogens with zero attached hydrogens (tertiary/aromatic N) is 5. The molecule has 49 heavy (non-hydrogen) atoms. The van der Waals surface area contributed by atoms with Gasteiger partial charge in [0, 0.05) is 60.4 Å². The smallest absolute Gasteiger partial charge is 0.164 e. The number of hydrogen-bond acceptors (Lipinski definition) is 4. The summed E-state index contributed by atoms with van der Waals surface area (Å²) in [5.41, 5.74) is 9.75. The largest absolute Gasteiger partial charge is 0.307 e. The first-order valence-electron chi connectivity index (χ1n) is 16.3. The Hall–Kier alpha value is -6.37. The number of hydrogen-bond donors (Lipinski definition) is 0. The molecule has 230 valence electrons. The minimum absolute atomic E-state index is 0.633. The van der Waals surface area contributed by atoms with Gasteiger partial charge in [0.1, 0.15) is 0 Å². The molecule has 0 fully saturated rings. The molecule has 5 nitrogen and oxygen atoms in total. The number of rotatable bonds is 5. The summed E-state index contributed by atoms with van der Waals surface area (Å²) < 4.78 is 4.84. The average molecular weight is 646 g/mol. The SMILES string of the molecule is c1ccc(-c2nc(-c3ccccc3)nc(-c3cccc(-n4c5ccccc5c5ccc6c7cscc7n(-c7ccccc7)c6c54)c3)n2)cc1. The molecule has 6 heteroatoms. The average Bonchev–Trinajstić information content (AvgIpc) is 3.87. The second-order valence-corrected chi connectivity index (χ2v) is 12.9. The van der Waals surface area contributed by atoms with Crippen molar-refractivity contribution < 1.29 is 0 Å². The topological polar surface area (TPSA) is 48.5 Å². The molecule has 0 aliphatic heterocycles. The molecule has 10 aromatic rings. The molecule has 10 rings (SSSR count). The van der Waals surface area contributed by atoms with E-state index in [1.54, 1.807) is 11.3 Å². The van der Waals surface area contributed by atoms with E-state index in [1.165, 1.54) is 38.1 Å². The lowest BCUT2D eigenvalue weighted by atomic mass is 10.1. The summed E-state index contributed by atoms with van der Waals surface area (Å²) >= 11 is 1.75. The first-order valence-corrected chi connectivity index (χ1v) is 17.2. The van der Waals surface area contributed by atoms with Crippen LogP contribution in [0.15, 0.2) is 162 Å². The summed E-state index contributed by atoms with van der Waals surface area (Å²) in [5.74, 6) is 1.93. The van der Waals surface area contributed by atoms with Crippen LogP contribution in [0.25, 0.3) is 89.2 Å². The number of benzene rings is 6. The minimum atomic E-state index is 0.633. The van der Waals surface area contributed by atoms with Crippen LogP contribution < -0.4 is 0 Å². The van der Waals surface area contributed by atoms with Gasteiger partial charge in [-0.3, -0.25) is 0 Å². The van der Waals surface area contributed by atoms with Crippen molar-refractivity contribution in [1.82, 2.24) is 24.1 Å². The van der Waals surface area contributed by atoms with Crippen LogP contribution in [0.5, 0.6) is 0 Å². The van der Waals surface area contributed by atoms with Crippen molar-refractivity contribution >= 4 is 54.9 Å². The molecule has 0 N–H and O–H groups in total. The Morgan fingerprint density at radius 3 is 1.55 bits per heavy atom. The van der Waals surface area contributed by atoms with E-state index in [1.807, 2.05) is 60.7 Å². The predicted octanol–water partition coefficient (Wildman–Crippen LogP) is 11.1. The van der Waals surface area contributed by atoms with E-state index in [0.29, 0.717) is 17.5 Å². The zero-order valence-corrected chi connectivity index (χ0v) is 27.0. The van der Waals surface area contributed by atoms with Gasteiger partial charge in [-0.25, -0.2) is 15.0 Å². The van der Waals surface area contributed by atoms with Crippen molar-refractivity contribution in [2.24, 2.45) is 0 Å². The summed E-state index contributed by atoms with van der Waals surface area (Å²) in [6, 6.07) is 52.8. The molecule has 0 spiro atoms. The molecule has 0 saturated carbocycles. The van der Waals surface area contributed by atoms with Crippen LogP contribution in [0.1, 0.15) is 0 Å². The van der Waals surface area contributed by atoms with Gasteiger partial charge in [-0.2, -0.15) is 0 Å². The maximum Gasteiger partial charge on any atom is 0.164 e. The van der Waals surface area contributed by atoms with E-state index in [2.05, 4.69) is 111 Å². The first kappa shape index (κ1) is 27.7. The van der Waals surface area contributed by atoms with E-state index in [-0.39, 0.29) is 0 Å². The molecule has 0 bridgehead atoms. The van der Waals surface area contributed by atoms with Crippen LogP contribution in [0.4, 0.5) is 0 Å². The molecule has 0 amide bonds. The van der Waals surface area contributed by atoms with Crippen molar-refractivity contribution in [3.8, 4) is 45.5 Å². The summed E-state index contributed by atoms with van der Waals surface area (Å²) in [7, 11) is 0. The highest BCUT2D eigenvalue weighted by Crippen LogP contribution is 2.42. The molecule has 0 atom stereocenters. The third kappa shape index (κ3) is 4.42. The standard InChI is InChI=1S/C43H27N5S/c1-4-13-28(14-5-1)41-44-42(29-15-6-2-7-16-29)46-43(45-41)30-17-12-20-32(25-30)48-37-22-11-10-21-33(37)34-23-24-35-36-26-49-27-38(36)47(40(35)39(34)48)31-18-8-3-9-19-31/h1-27H.